The summed E-state index contributed by atoms with van der Waals surface area (Å²) in [6.45, 7) is 7.27. The van der Waals surface area contributed by atoms with E-state index in [4.69, 9.17) is 0 Å². The van der Waals surface area contributed by atoms with Crippen molar-refractivity contribution in [2.45, 2.75) is 20.8 Å². The van der Waals surface area contributed by atoms with Gasteiger partial charge in [-0.1, -0.05) is 13.8 Å². The van der Waals surface area contributed by atoms with Crippen molar-refractivity contribution < 1.29 is 4.79 Å². The Labute approximate surface area is 68.8 Å². The van der Waals surface area contributed by atoms with Gasteiger partial charge in [-0.2, -0.15) is 0 Å². The quantitative estimate of drug-likeness (QED) is 0.680. The first-order chi connectivity index (χ1) is 4.13. The fourth-order valence-electron chi connectivity index (χ4n) is 0.537. The van der Waals surface area contributed by atoms with Crippen LogP contribution < -0.4 is 5.32 Å². The molecule has 0 aliphatic heterocycles. The van der Waals surface area contributed by atoms with Crippen molar-refractivity contribution in [2.75, 3.05) is 13.1 Å². The number of rotatable bonds is 4. The maximum atomic E-state index is 10.4. The lowest BCUT2D eigenvalue weighted by Crippen LogP contribution is -2.24. The molecule has 1 N–H and O–H groups in total. The van der Waals surface area contributed by atoms with Gasteiger partial charge in [0.2, 0.25) is 0 Å². The largest absolute Gasteiger partial charge is 0.310 e. The van der Waals surface area contributed by atoms with E-state index in [2.05, 4.69) is 19.2 Å². The number of nitrogens with one attached hydrogen (secondary N) is 1. The third kappa shape index (κ3) is 10.8. The fourth-order valence-corrected chi connectivity index (χ4v) is 0.537. The molecule has 3 heteroatoms. The molecule has 0 aromatic rings. The van der Waals surface area contributed by atoms with Crippen molar-refractivity contribution in [2.24, 2.45) is 5.92 Å². The Morgan fingerprint density at radius 2 is 2.00 bits per heavy atom. The zero-order chi connectivity index (χ0) is 7.28. The van der Waals surface area contributed by atoms with E-state index in [-0.39, 0.29) is 18.2 Å². The smallest absolute Gasteiger partial charge is 0.143 e. The molecule has 0 aliphatic carbocycles. The Kier molecular flexibility index (Phi) is 8.85. The van der Waals surface area contributed by atoms with E-state index in [1.807, 2.05) is 0 Å². The first kappa shape index (κ1) is 12.6. The number of hydrogen-bond acceptors (Lipinski definition) is 2. The van der Waals surface area contributed by atoms with Crippen LogP contribution in [-0.2, 0) is 4.79 Å². The molecule has 0 aliphatic rings. The van der Waals surface area contributed by atoms with Crippen molar-refractivity contribution in [1.82, 2.24) is 5.32 Å². The third-order valence-electron chi connectivity index (χ3n) is 0.927. The Bertz CT molecular complexity index is 93.6. The Balaban J connectivity index is 0. The minimum absolute atomic E-state index is 0. The standard InChI is InChI=1S/C7H15NO.ClH/c1-6(2)4-8-5-7(3)9;/h6,8H,4-5H2,1-3H3;1H. The van der Waals surface area contributed by atoms with Crippen LogP contribution >= 0.6 is 12.4 Å². The van der Waals surface area contributed by atoms with E-state index in [9.17, 15) is 4.79 Å². The van der Waals surface area contributed by atoms with Gasteiger partial charge < -0.3 is 5.32 Å². The molecule has 0 aromatic carbocycles. The monoisotopic (exact) mass is 165 g/mol. The molecule has 0 amide bonds. The van der Waals surface area contributed by atoms with Gasteiger partial charge in [-0.15, -0.1) is 12.4 Å². The summed E-state index contributed by atoms with van der Waals surface area (Å²) in [7, 11) is 0. The van der Waals surface area contributed by atoms with Gasteiger partial charge >= 0.3 is 0 Å². The molecule has 0 heterocycles. The molecule has 10 heavy (non-hydrogen) atoms. The van der Waals surface area contributed by atoms with Gasteiger partial charge in [0, 0.05) is 0 Å². The van der Waals surface area contributed by atoms with Gasteiger partial charge in [0.15, 0.2) is 0 Å². The molecule has 0 atom stereocenters. The highest BCUT2D eigenvalue weighted by Gasteiger charge is 1.93. The first-order valence-electron chi connectivity index (χ1n) is 3.33. The fraction of sp³-hybridized carbons (Fsp3) is 0.857. The zero-order valence-corrected chi connectivity index (χ0v) is 7.62. The molecule has 62 valence electrons. The Hall–Kier alpha value is -0.0800. The molecule has 0 unspecified atom stereocenters. The van der Waals surface area contributed by atoms with Crippen LogP contribution in [0.5, 0.6) is 0 Å². The van der Waals surface area contributed by atoms with Gasteiger partial charge in [0.25, 0.3) is 0 Å². The molecule has 2 nitrogen and oxygen atoms in total. The van der Waals surface area contributed by atoms with Gasteiger partial charge in [-0.05, 0) is 19.4 Å². The molecule has 0 bridgehead atoms. The number of carbonyl (C=O) groups is 1. The molecule has 0 radical (unpaired) electrons. The Morgan fingerprint density at radius 3 is 2.30 bits per heavy atom. The Morgan fingerprint density at radius 1 is 1.50 bits per heavy atom. The van der Waals surface area contributed by atoms with Crippen LogP contribution in [0.2, 0.25) is 0 Å². The molecule has 0 rings (SSSR count). The maximum absolute atomic E-state index is 10.4. The minimum atomic E-state index is 0. The summed E-state index contributed by atoms with van der Waals surface area (Å²) < 4.78 is 0. The van der Waals surface area contributed by atoms with Crippen LogP contribution in [0.25, 0.3) is 0 Å². The maximum Gasteiger partial charge on any atom is 0.143 e. The number of hydrogen-bond donors (Lipinski definition) is 1. The van der Waals surface area contributed by atoms with Gasteiger partial charge in [-0.25, -0.2) is 0 Å². The second-order valence-corrected chi connectivity index (χ2v) is 2.73. The highest BCUT2D eigenvalue weighted by atomic mass is 35.5. The lowest BCUT2D eigenvalue weighted by atomic mass is 10.2. The van der Waals surface area contributed by atoms with Crippen molar-refractivity contribution in [3.8, 4) is 0 Å². The lowest BCUT2D eigenvalue weighted by molar-refractivity contribution is -0.116. The summed E-state index contributed by atoms with van der Waals surface area (Å²) in [6.07, 6.45) is 0. The molecular weight excluding hydrogens is 150 g/mol. The summed E-state index contributed by atoms with van der Waals surface area (Å²) in [6, 6.07) is 0. The molecule has 0 saturated heterocycles. The SMILES string of the molecule is CC(=O)CNCC(C)C.Cl. The normalized spacial score (nSPS) is 9.20. The van der Waals surface area contributed by atoms with Crippen molar-refractivity contribution in [1.29, 1.82) is 0 Å². The van der Waals surface area contributed by atoms with Crippen LogP contribution in [0.4, 0.5) is 0 Å². The second kappa shape index (κ2) is 7.03. The zero-order valence-electron chi connectivity index (χ0n) is 6.81. The highest BCUT2D eigenvalue weighted by Crippen LogP contribution is 1.85. The van der Waals surface area contributed by atoms with E-state index >= 15 is 0 Å². The number of ketones is 1. The van der Waals surface area contributed by atoms with Crippen molar-refractivity contribution in [3.63, 3.8) is 0 Å². The predicted octanol–water partition coefficient (Wildman–Crippen LogP) is 1.24. The number of halogens is 1. The molecular formula is C7H16ClNO. The van der Waals surface area contributed by atoms with Crippen LogP contribution in [-0.4, -0.2) is 18.9 Å². The van der Waals surface area contributed by atoms with E-state index in [1.165, 1.54) is 0 Å². The molecule has 0 saturated carbocycles. The lowest BCUT2D eigenvalue weighted by Gasteiger charge is -2.03. The summed E-state index contributed by atoms with van der Waals surface area (Å²) in [5, 5.41) is 3.03. The van der Waals surface area contributed by atoms with Crippen LogP contribution in [0.3, 0.4) is 0 Å². The third-order valence-corrected chi connectivity index (χ3v) is 0.927. The second-order valence-electron chi connectivity index (χ2n) is 2.73. The molecule has 0 aromatic heterocycles. The van der Waals surface area contributed by atoms with Gasteiger partial charge in [0.1, 0.15) is 5.78 Å². The van der Waals surface area contributed by atoms with Crippen molar-refractivity contribution in [3.05, 3.63) is 0 Å². The van der Waals surface area contributed by atoms with Crippen LogP contribution in [0.1, 0.15) is 20.8 Å². The minimum Gasteiger partial charge on any atom is -0.310 e. The summed E-state index contributed by atoms with van der Waals surface area (Å²) >= 11 is 0. The van der Waals surface area contributed by atoms with Gasteiger partial charge in [-0.3, -0.25) is 4.79 Å². The topological polar surface area (TPSA) is 29.1 Å². The average Bonchev–Trinajstić information content (AvgIpc) is 1.63. The summed E-state index contributed by atoms with van der Waals surface area (Å²) in [5.74, 6) is 0.833. The number of carbonyl (C=O) groups excluding carboxylic acids is 1. The van der Waals surface area contributed by atoms with Crippen LogP contribution in [0, 0.1) is 5.92 Å². The van der Waals surface area contributed by atoms with E-state index in [1.54, 1.807) is 6.92 Å². The predicted molar refractivity (Wildman–Crippen MR) is 45.6 cm³/mol. The van der Waals surface area contributed by atoms with Crippen molar-refractivity contribution >= 4 is 18.2 Å². The van der Waals surface area contributed by atoms with Crippen LogP contribution in [0.15, 0.2) is 0 Å². The summed E-state index contributed by atoms with van der Waals surface area (Å²) in [4.78, 5) is 10.4. The van der Waals surface area contributed by atoms with E-state index in [0.29, 0.717) is 12.5 Å². The molecule has 0 fully saturated rings. The highest BCUT2D eigenvalue weighted by molar-refractivity contribution is 5.85. The summed E-state index contributed by atoms with van der Waals surface area (Å²) in [5.41, 5.74) is 0. The number of Topliss-reactive ketones (excluding diaryl/α,β-unsaturated/α-hetero) is 1. The molecule has 0 spiro atoms. The average molecular weight is 166 g/mol. The van der Waals surface area contributed by atoms with E-state index < -0.39 is 0 Å². The van der Waals surface area contributed by atoms with E-state index in [0.717, 1.165) is 6.54 Å². The van der Waals surface area contributed by atoms with Gasteiger partial charge in [0.05, 0.1) is 6.54 Å². The first-order valence-corrected chi connectivity index (χ1v) is 3.33.